The Kier molecular flexibility index (Phi) is 6.49. The molecule has 0 aromatic rings. The van der Waals surface area contributed by atoms with Gasteiger partial charge in [-0.05, 0) is 31.1 Å². The van der Waals surface area contributed by atoms with Gasteiger partial charge in [-0.3, -0.25) is 4.79 Å². The molecule has 0 spiro atoms. The van der Waals surface area contributed by atoms with Crippen molar-refractivity contribution >= 4 is 12.0 Å². The van der Waals surface area contributed by atoms with Crippen LogP contribution in [0.5, 0.6) is 0 Å². The molecule has 0 radical (unpaired) electrons. The monoisotopic (exact) mass is 298 g/mol. The molecular weight excluding hydrogens is 268 g/mol. The maximum absolute atomic E-state index is 12.5. The Morgan fingerprint density at radius 3 is 2.52 bits per heavy atom. The summed E-state index contributed by atoms with van der Waals surface area (Å²) in [4.78, 5) is 25.5. The lowest BCUT2D eigenvalue weighted by Gasteiger charge is -2.38. The summed E-state index contributed by atoms with van der Waals surface area (Å²) in [5.41, 5.74) is -0.274. The van der Waals surface area contributed by atoms with E-state index in [1.54, 1.807) is 0 Å². The number of nitrogens with zero attached hydrogens (tertiary/aromatic N) is 1. The molecule has 5 nitrogen and oxygen atoms in total. The zero-order chi connectivity index (χ0) is 16.0. The number of piperidine rings is 1. The highest BCUT2D eigenvalue weighted by Gasteiger charge is 2.32. The highest BCUT2D eigenvalue weighted by molar-refractivity contribution is 5.76. The highest BCUT2D eigenvalue weighted by atomic mass is 16.4. The number of aliphatic carboxylic acids is 1. The van der Waals surface area contributed by atoms with E-state index in [1.807, 2.05) is 25.7 Å². The summed E-state index contributed by atoms with van der Waals surface area (Å²) < 4.78 is 0. The van der Waals surface area contributed by atoms with Crippen LogP contribution in [-0.4, -0.2) is 40.6 Å². The zero-order valence-electron chi connectivity index (χ0n) is 13.8. The molecule has 0 bridgehead atoms. The minimum Gasteiger partial charge on any atom is -0.481 e. The van der Waals surface area contributed by atoms with Gasteiger partial charge in [-0.15, -0.1) is 0 Å². The number of rotatable bonds is 5. The van der Waals surface area contributed by atoms with E-state index < -0.39 is 5.97 Å². The predicted molar refractivity (Wildman–Crippen MR) is 83.3 cm³/mol. The van der Waals surface area contributed by atoms with Gasteiger partial charge in [-0.2, -0.15) is 0 Å². The largest absolute Gasteiger partial charge is 0.481 e. The minimum absolute atomic E-state index is 0.0402. The quantitative estimate of drug-likeness (QED) is 0.818. The van der Waals surface area contributed by atoms with Crippen molar-refractivity contribution in [3.63, 3.8) is 0 Å². The molecule has 2 unspecified atom stereocenters. The summed E-state index contributed by atoms with van der Waals surface area (Å²) in [6.07, 6.45) is 5.31. The van der Waals surface area contributed by atoms with Crippen LogP contribution in [-0.2, 0) is 4.79 Å². The van der Waals surface area contributed by atoms with E-state index in [2.05, 4.69) is 12.2 Å². The molecule has 1 heterocycles. The lowest BCUT2D eigenvalue weighted by molar-refractivity contribution is -0.138. The Bertz CT molecular complexity index is 361. The third-order valence-corrected chi connectivity index (χ3v) is 4.23. The van der Waals surface area contributed by atoms with Crippen LogP contribution in [0, 0.1) is 5.41 Å². The van der Waals surface area contributed by atoms with Gasteiger partial charge in [0, 0.05) is 18.6 Å². The van der Waals surface area contributed by atoms with Crippen LogP contribution in [0.2, 0.25) is 0 Å². The average Bonchev–Trinajstić information content (AvgIpc) is 2.37. The minimum atomic E-state index is -0.876. The Hall–Kier alpha value is -1.26. The molecule has 0 aromatic heterocycles. The number of likely N-dealkylation sites (tertiary alicyclic amines) is 1. The van der Waals surface area contributed by atoms with Crippen molar-refractivity contribution < 1.29 is 14.7 Å². The molecule has 2 amide bonds. The molecule has 1 aliphatic heterocycles. The van der Waals surface area contributed by atoms with Crippen molar-refractivity contribution in [3.8, 4) is 0 Å². The van der Waals surface area contributed by atoms with Crippen molar-refractivity contribution in [2.24, 2.45) is 5.41 Å². The van der Waals surface area contributed by atoms with Crippen molar-refractivity contribution in [2.45, 2.75) is 78.3 Å². The molecule has 0 aliphatic carbocycles. The first-order valence-corrected chi connectivity index (χ1v) is 8.04. The highest BCUT2D eigenvalue weighted by Crippen LogP contribution is 2.24. The van der Waals surface area contributed by atoms with Gasteiger partial charge in [0.2, 0.25) is 0 Å². The number of carbonyl (C=O) groups is 2. The third kappa shape index (κ3) is 5.56. The van der Waals surface area contributed by atoms with E-state index in [4.69, 9.17) is 5.11 Å². The number of nitrogens with one attached hydrogen (secondary N) is 1. The van der Waals surface area contributed by atoms with Crippen LogP contribution in [0.4, 0.5) is 4.79 Å². The molecule has 5 heteroatoms. The number of hydrogen-bond acceptors (Lipinski definition) is 2. The maximum Gasteiger partial charge on any atom is 0.317 e. The van der Waals surface area contributed by atoms with Crippen molar-refractivity contribution in [2.75, 3.05) is 6.54 Å². The van der Waals surface area contributed by atoms with Gasteiger partial charge in [-0.1, -0.05) is 34.1 Å². The first-order chi connectivity index (χ1) is 9.75. The molecule has 1 aliphatic rings. The maximum atomic E-state index is 12.5. The van der Waals surface area contributed by atoms with E-state index in [9.17, 15) is 9.59 Å². The van der Waals surface area contributed by atoms with Gasteiger partial charge in [0.15, 0.2) is 0 Å². The summed E-state index contributed by atoms with van der Waals surface area (Å²) >= 11 is 0. The van der Waals surface area contributed by atoms with E-state index in [0.717, 1.165) is 32.2 Å². The molecule has 0 aromatic carbocycles. The number of urea groups is 1. The second-order valence-electron chi connectivity index (χ2n) is 7.10. The lowest BCUT2D eigenvalue weighted by atomic mass is 9.85. The van der Waals surface area contributed by atoms with Crippen LogP contribution < -0.4 is 5.32 Å². The lowest BCUT2D eigenvalue weighted by Crippen LogP contribution is -2.54. The Balaban J connectivity index is 2.72. The molecule has 2 N–H and O–H groups in total. The van der Waals surface area contributed by atoms with Gasteiger partial charge < -0.3 is 15.3 Å². The van der Waals surface area contributed by atoms with Crippen LogP contribution >= 0.6 is 0 Å². The molecule has 0 saturated carbocycles. The van der Waals surface area contributed by atoms with E-state index in [0.29, 0.717) is 6.04 Å². The first kappa shape index (κ1) is 17.8. The molecule has 21 heavy (non-hydrogen) atoms. The topological polar surface area (TPSA) is 69.6 Å². The fourth-order valence-corrected chi connectivity index (χ4v) is 2.88. The van der Waals surface area contributed by atoms with Crippen molar-refractivity contribution in [3.05, 3.63) is 0 Å². The number of carboxylic acid groups (broad SMARTS) is 1. The Labute approximate surface area is 128 Å². The van der Waals surface area contributed by atoms with Gasteiger partial charge in [-0.25, -0.2) is 4.79 Å². The third-order valence-electron chi connectivity index (χ3n) is 4.23. The Morgan fingerprint density at radius 1 is 1.33 bits per heavy atom. The first-order valence-electron chi connectivity index (χ1n) is 8.04. The summed E-state index contributed by atoms with van der Waals surface area (Å²) in [7, 11) is 0. The second-order valence-corrected chi connectivity index (χ2v) is 7.10. The SMILES string of the molecule is CCCC1CCCCN1C(=O)NC(CC(=O)O)C(C)(C)C. The molecular formula is C16H30N2O3. The van der Waals surface area contributed by atoms with Crippen LogP contribution in [0.1, 0.15) is 66.2 Å². The Morgan fingerprint density at radius 2 is 2.00 bits per heavy atom. The molecule has 1 fully saturated rings. The molecule has 1 saturated heterocycles. The number of carbonyl (C=O) groups excluding carboxylic acids is 1. The van der Waals surface area contributed by atoms with Crippen molar-refractivity contribution in [1.82, 2.24) is 10.2 Å². The summed E-state index contributed by atoms with van der Waals surface area (Å²) in [6.45, 7) is 8.79. The van der Waals surface area contributed by atoms with Crippen LogP contribution in [0.3, 0.4) is 0 Å². The van der Waals surface area contributed by atoms with Gasteiger partial charge in [0.1, 0.15) is 0 Å². The molecule has 122 valence electrons. The summed E-state index contributed by atoms with van der Waals surface area (Å²) in [6, 6.07) is -0.157. The van der Waals surface area contributed by atoms with Gasteiger partial charge >= 0.3 is 12.0 Å². The standard InChI is InChI=1S/C16H30N2O3/c1-5-8-12-9-6-7-10-18(12)15(21)17-13(11-14(19)20)16(2,3)4/h12-13H,5-11H2,1-4H3,(H,17,21)(H,19,20). The fraction of sp³-hybridized carbons (Fsp3) is 0.875. The summed E-state index contributed by atoms with van der Waals surface area (Å²) in [5.74, 6) is -0.876. The normalized spacial score (nSPS) is 21.0. The fourth-order valence-electron chi connectivity index (χ4n) is 2.88. The smallest absolute Gasteiger partial charge is 0.317 e. The van der Waals surface area contributed by atoms with E-state index in [1.165, 1.54) is 6.42 Å². The number of carboxylic acids is 1. The number of hydrogen-bond donors (Lipinski definition) is 2. The van der Waals surface area contributed by atoms with Gasteiger partial charge in [0.05, 0.1) is 6.42 Å². The summed E-state index contributed by atoms with van der Waals surface area (Å²) in [5, 5.41) is 12.0. The van der Waals surface area contributed by atoms with Gasteiger partial charge in [0.25, 0.3) is 0 Å². The zero-order valence-corrected chi connectivity index (χ0v) is 13.8. The molecule has 1 rings (SSSR count). The second kappa shape index (κ2) is 7.66. The van der Waals surface area contributed by atoms with Crippen LogP contribution in [0.25, 0.3) is 0 Å². The van der Waals surface area contributed by atoms with Crippen LogP contribution in [0.15, 0.2) is 0 Å². The van der Waals surface area contributed by atoms with E-state index in [-0.39, 0.29) is 23.9 Å². The predicted octanol–water partition coefficient (Wildman–Crippen LogP) is 3.24. The van der Waals surface area contributed by atoms with Crippen molar-refractivity contribution in [1.29, 1.82) is 0 Å². The molecule has 2 atom stereocenters. The van der Waals surface area contributed by atoms with E-state index >= 15 is 0 Å². The average molecular weight is 298 g/mol. The number of amides is 2.